The number of ether oxygens (including phenoxy) is 1. The fourth-order valence-electron chi connectivity index (χ4n) is 1.26. The van der Waals surface area contributed by atoms with Crippen molar-refractivity contribution in [1.29, 1.82) is 0 Å². The summed E-state index contributed by atoms with van der Waals surface area (Å²) in [4.78, 5) is 4.12. The van der Waals surface area contributed by atoms with Crippen molar-refractivity contribution in [3.05, 3.63) is 28.5 Å². The summed E-state index contributed by atoms with van der Waals surface area (Å²) in [5.74, 6) is 0. The summed E-state index contributed by atoms with van der Waals surface area (Å²) < 4.78 is 33.0. The van der Waals surface area contributed by atoms with E-state index in [1.54, 1.807) is 25.4 Å². The van der Waals surface area contributed by atoms with E-state index in [0.717, 1.165) is 10.7 Å². The van der Waals surface area contributed by atoms with Gasteiger partial charge in [-0.25, -0.2) is 0 Å². The molecule has 1 atom stereocenters. The molecule has 0 aliphatic rings. The van der Waals surface area contributed by atoms with E-state index >= 15 is 0 Å². The maximum absolute atomic E-state index is 11.1. The number of hydrogen-bond donors (Lipinski definition) is 0. The molecule has 0 aliphatic carbocycles. The lowest BCUT2D eigenvalue weighted by Gasteiger charge is -2.15. The molecule has 5 nitrogen and oxygen atoms in total. The van der Waals surface area contributed by atoms with Crippen LogP contribution in [0.4, 0.5) is 0 Å². The highest BCUT2D eigenvalue weighted by Gasteiger charge is 2.18. The van der Waals surface area contributed by atoms with Gasteiger partial charge in [0.1, 0.15) is 6.10 Å². The molecule has 1 unspecified atom stereocenters. The number of nitrogens with zero attached hydrogens (tertiary/aromatic N) is 1. The summed E-state index contributed by atoms with van der Waals surface area (Å²) in [7, 11) is -1.97. The lowest BCUT2D eigenvalue weighted by molar-refractivity contribution is 0.128. The van der Waals surface area contributed by atoms with Gasteiger partial charge in [-0.05, 0) is 28.1 Å². The van der Waals surface area contributed by atoms with E-state index in [0.29, 0.717) is 18.7 Å². The average Bonchev–Trinajstić information content (AvgIpc) is 2.24. The maximum atomic E-state index is 11.1. The van der Waals surface area contributed by atoms with Crippen molar-refractivity contribution in [2.75, 3.05) is 20.0 Å². The van der Waals surface area contributed by atoms with Gasteiger partial charge in [0.05, 0.1) is 11.9 Å². The van der Waals surface area contributed by atoms with Crippen LogP contribution in [0.3, 0.4) is 0 Å². The Hall–Kier alpha value is -0.500. The van der Waals surface area contributed by atoms with Crippen LogP contribution in [0.1, 0.15) is 18.2 Å². The molecule has 0 radical (unpaired) electrons. The minimum Gasteiger partial charge on any atom is -0.385 e. The molecule has 0 bridgehead atoms. The van der Waals surface area contributed by atoms with Gasteiger partial charge in [-0.15, -0.1) is 0 Å². The zero-order chi connectivity index (χ0) is 12.9. The molecule has 0 spiro atoms. The first-order valence-corrected chi connectivity index (χ1v) is 7.52. The van der Waals surface area contributed by atoms with Crippen LogP contribution >= 0.6 is 15.9 Å². The zero-order valence-corrected chi connectivity index (χ0v) is 12.0. The molecule has 0 aromatic carbocycles. The van der Waals surface area contributed by atoms with Crippen molar-refractivity contribution in [2.45, 2.75) is 12.5 Å². The van der Waals surface area contributed by atoms with Crippen LogP contribution in [0.25, 0.3) is 0 Å². The van der Waals surface area contributed by atoms with E-state index in [2.05, 4.69) is 20.9 Å². The van der Waals surface area contributed by atoms with Crippen molar-refractivity contribution >= 4 is 26.0 Å². The van der Waals surface area contributed by atoms with E-state index in [-0.39, 0.29) is 0 Å². The van der Waals surface area contributed by atoms with Gasteiger partial charge in [0.2, 0.25) is 0 Å². The number of methoxy groups -OCH3 is 1. The lowest BCUT2D eigenvalue weighted by Crippen LogP contribution is -2.13. The number of rotatable bonds is 6. The minimum absolute atomic E-state index is 0.401. The minimum atomic E-state index is -3.52. The monoisotopic (exact) mass is 323 g/mol. The summed E-state index contributed by atoms with van der Waals surface area (Å²) >= 11 is 3.26. The molecule has 96 valence electrons. The van der Waals surface area contributed by atoms with Gasteiger partial charge in [-0.1, -0.05) is 0 Å². The van der Waals surface area contributed by atoms with Crippen LogP contribution in [-0.2, 0) is 19.0 Å². The molecule has 1 heterocycles. The Kier molecular flexibility index (Phi) is 5.51. The van der Waals surface area contributed by atoms with E-state index in [4.69, 9.17) is 8.92 Å². The number of halogens is 1. The van der Waals surface area contributed by atoms with E-state index in [1.165, 1.54) is 0 Å². The number of hydrogen-bond acceptors (Lipinski definition) is 5. The Bertz CT molecular complexity index is 446. The Morgan fingerprint density at radius 3 is 2.65 bits per heavy atom. The second-order valence-electron chi connectivity index (χ2n) is 3.47. The van der Waals surface area contributed by atoms with E-state index in [1.807, 2.05) is 0 Å². The van der Waals surface area contributed by atoms with E-state index < -0.39 is 16.2 Å². The van der Waals surface area contributed by atoms with Crippen LogP contribution in [0.2, 0.25) is 0 Å². The fourth-order valence-corrected chi connectivity index (χ4v) is 2.11. The molecule has 0 aliphatic heterocycles. The SMILES string of the molecule is COCCC(OS(C)(=O)=O)c1ccc(Br)cn1. The molecule has 1 aromatic heterocycles. The van der Waals surface area contributed by atoms with Gasteiger partial charge in [0, 0.05) is 30.8 Å². The first kappa shape index (κ1) is 14.6. The van der Waals surface area contributed by atoms with Crippen molar-refractivity contribution in [2.24, 2.45) is 0 Å². The van der Waals surface area contributed by atoms with E-state index in [9.17, 15) is 8.42 Å². The topological polar surface area (TPSA) is 65.5 Å². The molecule has 0 saturated heterocycles. The molecular weight excluding hydrogens is 310 g/mol. The number of aromatic nitrogens is 1. The summed E-state index contributed by atoms with van der Waals surface area (Å²) in [5, 5.41) is 0. The second kappa shape index (κ2) is 6.44. The predicted molar refractivity (Wildman–Crippen MR) is 67.1 cm³/mol. The molecule has 1 aromatic rings. The average molecular weight is 324 g/mol. The van der Waals surface area contributed by atoms with Gasteiger partial charge in [-0.3, -0.25) is 9.17 Å². The summed E-state index contributed by atoms with van der Waals surface area (Å²) in [6.45, 7) is 0.401. The third kappa shape index (κ3) is 5.58. The third-order valence-corrected chi connectivity index (χ3v) is 3.01. The highest BCUT2D eigenvalue weighted by atomic mass is 79.9. The Labute approximate surface area is 109 Å². The summed E-state index contributed by atoms with van der Waals surface area (Å²) in [6, 6.07) is 3.50. The summed E-state index contributed by atoms with van der Waals surface area (Å²) in [5.41, 5.74) is 0.565. The van der Waals surface area contributed by atoms with Crippen LogP contribution < -0.4 is 0 Å². The van der Waals surface area contributed by atoms with Gasteiger partial charge in [0.15, 0.2) is 0 Å². The first-order chi connectivity index (χ1) is 7.92. The Balaban J connectivity index is 2.85. The standard InChI is InChI=1S/C10H14BrNO4S/c1-15-6-5-10(16-17(2,13)14)9-4-3-8(11)7-12-9/h3-4,7,10H,5-6H2,1-2H3. The third-order valence-electron chi connectivity index (χ3n) is 1.96. The van der Waals surface area contributed by atoms with Crippen molar-refractivity contribution in [1.82, 2.24) is 4.98 Å². The van der Waals surface area contributed by atoms with Crippen LogP contribution in [-0.4, -0.2) is 33.4 Å². The molecule has 0 N–H and O–H groups in total. The smallest absolute Gasteiger partial charge is 0.265 e. The molecule has 0 amide bonds. The molecule has 17 heavy (non-hydrogen) atoms. The van der Waals surface area contributed by atoms with Crippen LogP contribution in [0.15, 0.2) is 22.8 Å². The predicted octanol–water partition coefficient (Wildman–Crippen LogP) is 1.90. The van der Waals surface area contributed by atoms with Gasteiger partial charge in [0.25, 0.3) is 10.1 Å². The second-order valence-corrected chi connectivity index (χ2v) is 5.99. The van der Waals surface area contributed by atoms with Crippen molar-refractivity contribution in [3.8, 4) is 0 Å². The van der Waals surface area contributed by atoms with Gasteiger partial charge < -0.3 is 4.74 Å². The largest absolute Gasteiger partial charge is 0.385 e. The highest BCUT2D eigenvalue weighted by Crippen LogP contribution is 2.22. The molecule has 7 heteroatoms. The first-order valence-electron chi connectivity index (χ1n) is 4.91. The van der Waals surface area contributed by atoms with Crippen molar-refractivity contribution in [3.63, 3.8) is 0 Å². The van der Waals surface area contributed by atoms with Crippen LogP contribution in [0.5, 0.6) is 0 Å². The van der Waals surface area contributed by atoms with Gasteiger partial charge in [-0.2, -0.15) is 8.42 Å². The lowest BCUT2D eigenvalue weighted by atomic mass is 10.2. The van der Waals surface area contributed by atoms with Crippen LogP contribution in [0, 0.1) is 0 Å². The Morgan fingerprint density at radius 1 is 1.47 bits per heavy atom. The summed E-state index contributed by atoms with van der Waals surface area (Å²) in [6.07, 6.45) is 2.43. The maximum Gasteiger partial charge on any atom is 0.265 e. The normalized spacial score (nSPS) is 13.6. The quantitative estimate of drug-likeness (QED) is 0.748. The van der Waals surface area contributed by atoms with Crippen molar-refractivity contribution < 1.29 is 17.3 Å². The highest BCUT2D eigenvalue weighted by molar-refractivity contribution is 9.10. The molecular formula is C10H14BrNO4S. The zero-order valence-electron chi connectivity index (χ0n) is 9.59. The Morgan fingerprint density at radius 2 is 2.18 bits per heavy atom. The molecule has 0 fully saturated rings. The number of pyridine rings is 1. The fraction of sp³-hybridized carbons (Fsp3) is 0.500. The molecule has 0 saturated carbocycles. The molecule has 1 rings (SSSR count). The van der Waals surface area contributed by atoms with Gasteiger partial charge >= 0.3 is 0 Å².